The maximum Gasteiger partial charge on any atom is 0.222 e. The van der Waals surface area contributed by atoms with E-state index in [1.165, 1.54) is 0 Å². The summed E-state index contributed by atoms with van der Waals surface area (Å²) in [4.78, 5) is 18.7. The molecule has 0 unspecified atom stereocenters. The third kappa shape index (κ3) is 3.90. The SMILES string of the molecule is Cc1ccc(C2(O)CCN(C(=O)C[C@H]3CCCOC3)CC2)nc1. The average molecular weight is 318 g/mol. The number of hydrogen-bond donors (Lipinski definition) is 1. The van der Waals surface area contributed by atoms with Gasteiger partial charge < -0.3 is 14.7 Å². The second-order valence-electron chi connectivity index (χ2n) is 6.92. The van der Waals surface area contributed by atoms with Gasteiger partial charge in [-0.2, -0.15) is 0 Å². The summed E-state index contributed by atoms with van der Waals surface area (Å²) < 4.78 is 5.45. The molecule has 5 heteroatoms. The molecule has 0 bridgehead atoms. The van der Waals surface area contributed by atoms with Crippen LogP contribution in [0.3, 0.4) is 0 Å². The molecule has 0 spiro atoms. The summed E-state index contributed by atoms with van der Waals surface area (Å²) in [6.07, 6.45) is 5.59. The lowest BCUT2D eigenvalue weighted by atomic mass is 9.87. The number of nitrogens with zero attached hydrogens (tertiary/aromatic N) is 2. The van der Waals surface area contributed by atoms with Crippen LogP contribution in [0.2, 0.25) is 0 Å². The topological polar surface area (TPSA) is 62.7 Å². The predicted octanol–water partition coefficient (Wildman–Crippen LogP) is 2.02. The molecule has 0 aliphatic carbocycles. The van der Waals surface area contributed by atoms with Crippen molar-refractivity contribution in [2.24, 2.45) is 5.92 Å². The third-order valence-electron chi connectivity index (χ3n) is 5.05. The highest BCUT2D eigenvalue weighted by Gasteiger charge is 2.36. The second-order valence-corrected chi connectivity index (χ2v) is 6.92. The standard InChI is InChI=1S/C18H26N2O3/c1-14-4-5-16(19-12-14)18(22)6-8-20(9-7-18)17(21)11-15-3-2-10-23-13-15/h4-5,12,15,22H,2-3,6-11,13H2,1H3/t15-/m1/s1. The maximum absolute atomic E-state index is 12.4. The highest BCUT2D eigenvalue weighted by Crippen LogP contribution is 2.32. The van der Waals surface area contributed by atoms with Crippen molar-refractivity contribution in [2.45, 2.75) is 44.6 Å². The van der Waals surface area contributed by atoms with E-state index >= 15 is 0 Å². The Morgan fingerprint density at radius 2 is 2.22 bits per heavy atom. The molecule has 3 heterocycles. The highest BCUT2D eigenvalue weighted by molar-refractivity contribution is 5.76. The van der Waals surface area contributed by atoms with E-state index < -0.39 is 5.60 Å². The number of carbonyl (C=O) groups is 1. The number of amides is 1. The highest BCUT2D eigenvalue weighted by atomic mass is 16.5. The van der Waals surface area contributed by atoms with Gasteiger partial charge in [0.15, 0.2) is 0 Å². The Hall–Kier alpha value is -1.46. The Morgan fingerprint density at radius 3 is 2.83 bits per heavy atom. The van der Waals surface area contributed by atoms with Crippen LogP contribution in [0, 0.1) is 12.8 Å². The molecule has 2 fully saturated rings. The first-order chi connectivity index (χ1) is 11.1. The number of aryl methyl sites for hydroxylation is 1. The van der Waals surface area contributed by atoms with E-state index in [-0.39, 0.29) is 5.91 Å². The number of ether oxygens (including phenoxy) is 1. The van der Waals surface area contributed by atoms with E-state index in [1.54, 1.807) is 6.20 Å². The normalized spacial score (nSPS) is 24.4. The van der Waals surface area contributed by atoms with Crippen molar-refractivity contribution in [2.75, 3.05) is 26.3 Å². The van der Waals surface area contributed by atoms with Gasteiger partial charge in [0.2, 0.25) is 5.91 Å². The second kappa shape index (κ2) is 6.97. The molecule has 1 aromatic rings. The fourth-order valence-electron chi connectivity index (χ4n) is 3.47. The number of hydrogen-bond acceptors (Lipinski definition) is 4. The molecular formula is C18H26N2O3. The Kier molecular flexibility index (Phi) is 4.97. The van der Waals surface area contributed by atoms with Gasteiger partial charge in [0.1, 0.15) is 5.60 Å². The van der Waals surface area contributed by atoms with Gasteiger partial charge in [-0.15, -0.1) is 0 Å². The Morgan fingerprint density at radius 1 is 1.43 bits per heavy atom. The lowest BCUT2D eigenvalue weighted by Gasteiger charge is -2.38. The summed E-state index contributed by atoms with van der Waals surface area (Å²) in [7, 11) is 0. The lowest BCUT2D eigenvalue weighted by molar-refractivity contribution is -0.138. The average Bonchev–Trinajstić information content (AvgIpc) is 2.57. The van der Waals surface area contributed by atoms with Crippen LogP contribution in [0.4, 0.5) is 0 Å². The minimum Gasteiger partial charge on any atom is -0.383 e. The Labute approximate surface area is 137 Å². The fraction of sp³-hybridized carbons (Fsp3) is 0.667. The zero-order chi connectivity index (χ0) is 16.3. The van der Waals surface area contributed by atoms with Gasteiger partial charge >= 0.3 is 0 Å². The summed E-state index contributed by atoms with van der Waals surface area (Å²) in [6.45, 7) is 4.70. The Bertz CT molecular complexity index is 530. The zero-order valence-corrected chi connectivity index (χ0v) is 13.8. The molecule has 0 saturated carbocycles. The zero-order valence-electron chi connectivity index (χ0n) is 13.8. The minimum absolute atomic E-state index is 0.194. The smallest absolute Gasteiger partial charge is 0.222 e. The van der Waals surface area contributed by atoms with Gasteiger partial charge in [-0.05, 0) is 50.2 Å². The van der Waals surface area contributed by atoms with Crippen molar-refractivity contribution in [3.8, 4) is 0 Å². The van der Waals surface area contributed by atoms with E-state index in [9.17, 15) is 9.90 Å². The number of aromatic nitrogens is 1. The molecule has 126 valence electrons. The van der Waals surface area contributed by atoms with Crippen molar-refractivity contribution in [1.29, 1.82) is 0 Å². The van der Waals surface area contributed by atoms with Crippen LogP contribution in [0.25, 0.3) is 0 Å². The first-order valence-corrected chi connectivity index (χ1v) is 8.58. The van der Waals surface area contributed by atoms with Crippen molar-refractivity contribution in [3.63, 3.8) is 0 Å². The molecule has 23 heavy (non-hydrogen) atoms. The molecule has 5 nitrogen and oxygen atoms in total. The van der Waals surface area contributed by atoms with Crippen LogP contribution in [-0.4, -0.2) is 47.2 Å². The summed E-state index contributed by atoms with van der Waals surface area (Å²) in [5.41, 5.74) is 0.897. The van der Waals surface area contributed by atoms with Gasteiger partial charge in [0, 0.05) is 38.9 Å². The minimum atomic E-state index is -0.904. The molecule has 2 saturated heterocycles. The number of piperidine rings is 1. The summed E-state index contributed by atoms with van der Waals surface area (Å²) in [5, 5.41) is 10.8. The monoisotopic (exact) mass is 318 g/mol. The molecule has 0 aromatic carbocycles. The van der Waals surface area contributed by atoms with Crippen LogP contribution < -0.4 is 0 Å². The first kappa shape index (κ1) is 16.4. The van der Waals surface area contributed by atoms with Crippen molar-refractivity contribution >= 4 is 5.91 Å². The number of aliphatic hydroxyl groups is 1. The van der Waals surface area contributed by atoms with Gasteiger partial charge in [-0.25, -0.2) is 0 Å². The van der Waals surface area contributed by atoms with Gasteiger partial charge in [0.05, 0.1) is 5.69 Å². The molecule has 2 aliphatic heterocycles. The maximum atomic E-state index is 12.4. The molecule has 1 amide bonds. The molecule has 1 N–H and O–H groups in total. The van der Waals surface area contributed by atoms with Crippen molar-refractivity contribution < 1.29 is 14.6 Å². The van der Waals surface area contributed by atoms with Crippen molar-refractivity contribution in [1.82, 2.24) is 9.88 Å². The third-order valence-corrected chi connectivity index (χ3v) is 5.05. The van der Waals surface area contributed by atoms with Crippen molar-refractivity contribution in [3.05, 3.63) is 29.6 Å². The van der Waals surface area contributed by atoms with E-state index in [4.69, 9.17) is 4.74 Å². The molecule has 3 rings (SSSR count). The van der Waals surface area contributed by atoms with E-state index in [2.05, 4.69) is 4.98 Å². The molecular weight excluding hydrogens is 292 g/mol. The lowest BCUT2D eigenvalue weighted by Crippen LogP contribution is -2.46. The summed E-state index contributed by atoms with van der Waals surface area (Å²) in [5.74, 6) is 0.551. The van der Waals surface area contributed by atoms with Crippen LogP contribution in [-0.2, 0) is 15.1 Å². The van der Waals surface area contributed by atoms with Gasteiger partial charge in [-0.1, -0.05) is 6.07 Å². The number of likely N-dealkylation sites (tertiary alicyclic amines) is 1. The fourth-order valence-corrected chi connectivity index (χ4v) is 3.47. The molecule has 2 aliphatic rings. The van der Waals surface area contributed by atoms with Gasteiger partial charge in [-0.3, -0.25) is 9.78 Å². The van der Waals surface area contributed by atoms with Crippen LogP contribution >= 0.6 is 0 Å². The van der Waals surface area contributed by atoms with E-state index in [1.807, 2.05) is 24.0 Å². The molecule has 1 atom stereocenters. The van der Waals surface area contributed by atoms with Gasteiger partial charge in [0.25, 0.3) is 0 Å². The number of carbonyl (C=O) groups excluding carboxylic acids is 1. The van der Waals surface area contributed by atoms with Crippen LogP contribution in [0.5, 0.6) is 0 Å². The largest absolute Gasteiger partial charge is 0.383 e. The molecule has 1 aromatic heterocycles. The predicted molar refractivity (Wildman–Crippen MR) is 86.8 cm³/mol. The first-order valence-electron chi connectivity index (χ1n) is 8.58. The summed E-state index contributed by atoms with van der Waals surface area (Å²) in [6, 6.07) is 3.87. The van der Waals surface area contributed by atoms with E-state index in [0.29, 0.717) is 44.9 Å². The quantitative estimate of drug-likeness (QED) is 0.926. The summed E-state index contributed by atoms with van der Waals surface area (Å²) >= 11 is 0. The Balaban J connectivity index is 1.54. The number of pyridine rings is 1. The van der Waals surface area contributed by atoms with Crippen LogP contribution in [0.15, 0.2) is 18.3 Å². The molecule has 0 radical (unpaired) electrons. The number of rotatable bonds is 3. The van der Waals surface area contributed by atoms with E-state index in [0.717, 1.165) is 30.7 Å². The van der Waals surface area contributed by atoms with Crippen LogP contribution in [0.1, 0.15) is 43.4 Å².